The Balaban J connectivity index is 1.97. The van der Waals surface area contributed by atoms with Crippen LogP contribution in [0.3, 0.4) is 0 Å². The van der Waals surface area contributed by atoms with Crippen LogP contribution in [-0.2, 0) is 12.0 Å². The van der Waals surface area contributed by atoms with Crippen molar-refractivity contribution in [3.63, 3.8) is 0 Å². The van der Waals surface area contributed by atoms with Crippen LogP contribution < -0.4 is 0 Å². The van der Waals surface area contributed by atoms with Crippen LogP contribution in [0.25, 0.3) is 0 Å². The van der Waals surface area contributed by atoms with Crippen LogP contribution in [0.4, 0.5) is 0 Å². The molecule has 0 aromatic carbocycles. The summed E-state index contributed by atoms with van der Waals surface area (Å²) in [6, 6.07) is 0. The maximum Gasteiger partial charge on any atom is 0.0982 e. The number of aromatic nitrogens is 1. The van der Waals surface area contributed by atoms with Crippen molar-refractivity contribution < 1.29 is 5.11 Å². The molecule has 114 valence electrons. The number of aliphatic hydroxyl groups excluding tert-OH is 1. The quantitative estimate of drug-likeness (QED) is 0.904. The van der Waals surface area contributed by atoms with Crippen LogP contribution in [0.2, 0.25) is 0 Å². The van der Waals surface area contributed by atoms with Crippen LogP contribution in [0.15, 0.2) is 5.38 Å². The van der Waals surface area contributed by atoms with Gasteiger partial charge in [-0.2, -0.15) is 0 Å². The Kier molecular flexibility index (Phi) is 4.88. The maximum absolute atomic E-state index is 9.70. The fourth-order valence-corrected chi connectivity index (χ4v) is 3.96. The van der Waals surface area contributed by atoms with Gasteiger partial charge in [0, 0.05) is 35.9 Å². The molecule has 2 heterocycles. The predicted molar refractivity (Wildman–Crippen MR) is 85.1 cm³/mol. The minimum absolute atomic E-state index is 0.137. The largest absolute Gasteiger partial charge is 0.396 e. The second kappa shape index (κ2) is 6.12. The summed E-state index contributed by atoms with van der Waals surface area (Å²) >= 11 is 1.77. The fourth-order valence-electron chi connectivity index (χ4n) is 3.06. The maximum atomic E-state index is 9.70. The fraction of sp³-hybridized carbons (Fsp3) is 0.812. The molecular weight excluding hydrogens is 268 g/mol. The van der Waals surface area contributed by atoms with Crippen molar-refractivity contribution in [1.29, 1.82) is 0 Å². The smallest absolute Gasteiger partial charge is 0.0982 e. The third kappa shape index (κ3) is 3.60. The van der Waals surface area contributed by atoms with E-state index in [0.717, 1.165) is 38.9 Å². The second-order valence-electron chi connectivity index (χ2n) is 7.26. The van der Waals surface area contributed by atoms with Crippen LogP contribution in [0.1, 0.15) is 57.7 Å². The van der Waals surface area contributed by atoms with E-state index in [1.807, 2.05) is 0 Å². The molecular formula is C16H28N2OS. The molecule has 1 N–H and O–H groups in total. The third-order valence-electron chi connectivity index (χ3n) is 4.21. The lowest BCUT2D eigenvalue weighted by Gasteiger charge is -2.26. The third-order valence-corrected chi connectivity index (χ3v) is 5.53. The Bertz CT molecular complexity index is 438. The van der Waals surface area contributed by atoms with Gasteiger partial charge >= 0.3 is 0 Å². The molecule has 1 aromatic rings. The Morgan fingerprint density at radius 2 is 2.20 bits per heavy atom. The number of aliphatic hydroxyl groups is 1. The zero-order chi connectivity index (χ0) is 14.8. The molecule has 0 amide bonds. The van der Waals surface area contributed by atoms with Gasteiger partial charge in [-0.1, -0.05) is 34.1 Å². The molecule has 1 aliphatic heterocycles. The second-order valence-corrected chi connectivity index (χ2v) is 8.12. The molecule has 0 spiro atoms. The van der Waals surface area contributed by atoms with E-state index in [1.165, 1.54) is 10.7 Å². The molecule has 0 radical (unpaired) electrons. The van der Waals surface area contributed by atoms with E-state index in [9.17, 15) is 5.11 Å². The summed E-state index contributed by atoms with van der Waals surface area (Å²) in [5, 5.41) is 13.1. The van der Waals surface area contributed by atoms with Crippen molar-refractivity contribution in [2.24, 2.45) is 5.41 Å². The lowest BCUT2D eigenvalue weighted by atomic mass is 9.83. The van der Waals surface area contributed by atoms with E-state index in [0.29, 0.717) is 6.61 Å². The van der Waals surface area contributed by atoms with Gasteiger partial charge in [0.2, 0.25) is 0 Å². The Morgan fingerprint density at radius 3 is 2.75 bits per heavy atom. The van der Waals surface area contributed by atoms with E-state index in [4.69, 9.17) is 4.98 Å². The highest BCUT2D eigenvalue weighted by Gasteiger charge is 2.36. The van der Waals surface area contributed by atoms with Gasteiger partial charge in [0.25, 0.3) is 0 Å². The first-order valence-corrected chi connectivity index (χ1v) is 8.55. The lowest BCUT2D eigenvalue weighted by molar-refractivity contribution is 0.117. The Hall–Kier alpha value is -0.450. The van der Waals surface area contributed by atoms with E-state index in [1.54, 1.807) is 11.3 Å². The van der Waals surface area contributed by atoms with Crippen LogP contribution in [0.5, 0.6) is 0 Å². The van der Waals surface area contributed by atoms with Crippen molar-refractivity contribution in [3.8, 4) is 0 Å². The summed E-state index contributed by atoms with van der Waals surface area (Å²) in [6.45, 7) is 12.2. The van der Waals surface area contributed by atoms with Gasteiger partial charge in [-0.15, -0.1) is 11.3 Å². The van der Waals surface area contributed by atoms with E-state index in [2.05, 4.69) is 38.0 Å². The van der Waals surface area contributed by atoms with Gasteiger partial charge in [0.15, 0.2) is 0 Å². The first-order valence-electron chi connectivity index (χ1n) is 7.67. The van der Waals surface area contributed by atoms with Gasteiger partial charge in [0.05, 0.1) is 10.7 Å². The summed E-state index contributed by atoms with van der Waals surface area (Å²) in [5.41, 5.74) is 1.47. The first-order chi connectivity index (χ1) is 9.38. The molecule has 1 unspecified atom stereocenters. The van der Waals surface area contributed by atoms with E-state index in [-0.39, 0.29) is 10.8 Å². The number of thiazole rings is 1. The highest BCUT2D eigenvalue weighted by atomic mass is 32.1. The van der Waals surface area contributed by atoms with Crippen molar-refractivity contribution in [1.82, 2.24) is 9.88 Å². The standard InChI is InChI=1S/C16H28N2OS/c1-5-6-16(12-19)7-8-18(11-16)9-13-10-20-14(17-13)15(2,3)4/h10,19H,5-9,11-12H2,1-4H3. The molecule has 1 fully saturated rings. The Labute approximate surface area is 127 Å². The summed E-state index contributed by atoms with van der Waals surface area (Å²) < 4.78 is 0. The number of rotatable bonds is 5. The van der Waals surface area contributed by atoms with Crippen molar-refractivity contribution in [2.75, 3.05) is 19.7 Å². The number of nitrogens with zero attached hydrogens (tertiary/aromatic N) is 2. The lowest BCUT2D eigenvalue weighted by Crippen LogP contribution is -2.30. The zero-order valence-electron chi connectivity index (χ0n) is 13.3. The van der Waals surface area contributed by atoms with Crippen molar-refractivity contribution in [2.45, 2.75) is 58.9 Å². The molecule has 1 aliphatic rings. The molecule has 4 heteroatoms. The predicted octanol–water partition coefficient (Wildman–Crippen LogP) is 3.43. The monoisotopic (exact) mass is 296 g/mol. The van der Waals surface area contributed by atoms with Gasteiger partial charge in [-0.3, -0.25) is 4.90 Å². The molecule has 3 nitrogen and oxygen atoms in total. The normalized spacial score (nSPS) is 24.4. The van der Waals surface area contributed by atoms with Crippen molar-refractivity contribution in [3.05, 3.63) is 16.1 Å². The van der Waals surface area contributed by atoms with Gasteiger partial charge < -0.3 is 5.11 Å². The van der Waals surface area contributed by atoms with Crippen LogP contribution in [0, 0.1) is 5.41 Å². The summed E-state index contributed by atoms with van der Waals surface area (Å²) in [4.78, 5) is 7.23. The van der Waals surface area contributed by atoms with Crippen LogP contribution in [-0.4, -0.2) is 34.7 Å². The number of likely N-dealkylation sites (tertiary alicyclic amines) is 1. The van der Waals surface area contributed by atoms with Crippen molar-refractivity contribution >= 4 is 11.3 Å². The van der Waals surface area contributed by atoms with Gasteiger partial charge in [0.1, 0.15) is 0 Å². The van der Waals surface area contributed by atoms with Gasteiger partial charge in [-0.25, -0.2) is 4.98 Å². The molecule has 0 saturated carbocycles. The van der Waals surface area contributed by atoms with E-state index >= 15 is 0 Å². The number of hydrogen-bond acceptors (Lipinski definition) is 4. The average Bonchev–Trinajstić information content (AvgIpc) is 2.98. The molecule has 2 rings (SSSR count). The Morgan fingerprint density at radius 1 is 1.45 bits per heavy atom. The minimum Gasteiger partial charge on any atom is -0.396 e. The summed E-state index contributed by atoms with van der Waals surface area (Å²) in [5.74, 6) is 0. The molecule has 0 bridgehead atoms. The molecule has 1 atom stereocenters. The summed E-state index contributed by atoms with van der Waals surface area (Å²) in [7, 11) is 0. The molecule has 1 aromatic heterocycles. The first kappa shape index (κ1) is 15.9. The molecule has 0 aliphatic carbocycles. The van der Waals surface area contributed by atoms with E-state index < -0.39 is 0 Å². The minimum atomic E-state index is 0.137. The van der Waals surface area contributed by atoms with Crippen LogP contribution >= 0.6 is 11.3 Å². The summed E-state index contributed by atoms with van der Waals surface area (Å²) in [6.07, 6.45) is 3.40. The number of hydrogen-bond donors (Lipinski definition) is 1. The SMILES string of the molecule is CCCC1(CO)CCN(Cc2csc(C(C)(C)C)n2)C1. The molecule has 20 heavy (non-hydrogen) atoms. The molecule has 1 saturated heterocycles. The topological polar surface area (TPSA) is 36.4 Å². The van der Waals surface area contributed by atoms with Gasteiger partial charge in [-0.05, 0) is 19.4 Å². The zero-order valence-corrected chi connectivity index (χ0v) is 14.1. The highest BCUT2D eigenvalue weighted by molar-refractivity contribution is 7.09. The average molecular weight is 296 g/mol. The highest BCUT2D eigenvalue weighted by Crippen LogP contribution is 2.35.